The number of unbranched alkanes of at least 4 members (excludes halogenated alkanes) is 1. The van der Waals surface area contributed by atoms with Gasteiger partial charge in [-0.1, -0.05) is 38.0 Å². The Balaban J connectivity index is 2.01. The first-order chi connectivity index (χ1) is 12.6. The highest BCUT2D eigenvalue weighted by Gasteiger charge is 2.36. The molecule has 0 unspecified atom stereocenters. The summed E-state index contributed by atoms with van der Waals surface area (Å²) in [4.78, 5) is 33.9. The number of likely N-dealkylation sites (N-methyl/N-ethyl adjacent to an activating group) is 1. The molecule has 1 aromatic heterocycles. The fourth-order valence-electron chi connectivity index (χ4n) is 3.42. The van der Waals surface area contributed by atoms with Gasteiger partial charge in [-0.25, -0.2) is 4.98 Å². The second kappa shape index (κ2) is 7.72. The van der Waals surface area contributed by atoms with E-state index in [2.05, 4.69) is 11.9 Å². The summed E-state index contributed by atoms with van der Waals surface area (Å²) in [5.74, 6) is 0.283. The van der Waals surface area contributed by atoms with E-state index in [1.54, 1.807) is 22.9 Å². The lowest BCUT2D eigenvalue weighted by Gasteiger charge is -2.39. The predicted octanol–water partition coefficient (Wildman–Crippen LogP) is 2.72. The zero-order valence-corrected chi connectivity index (χ0v) is 15.6. The number of carbonyl (C=O) groups excluding carboxylic acids is 2. The third kappa shape index (κ3) is 3.36. The van der Waals surface area contributed by atoms with Gasteiger partial charge in [0, 0.05) is 31.6 Å². The van der Waals surface area contributed by atoms with Crippen LogP contribution in [-0.4, -0.2) is 59.9 Å². The topological polar surface area (TPSA) is 62.7 Å². The number of rotatable bonds is 5. The van der Waals surface area contributed by atoms with Crippen molar-refractivity contribution in [1.82, 2.24) is 14.8 Å². The van der Waals surface area contributed by atoms with E-state index in [9.17, 15) is 9.59 Å². The van der Waals surface area contributed by atoms with Crippen molar-refractivity contribution in [2.75, 3.05) is 27.2 Å². The smallest absolute Gasteiger partial charge is 0.255 e. The molecule has 1 atom stereocenters. The van der Waals surface area contributed by atoms with Crippen molar-refractivity contribution in [3.8, 4) is 5.88 Å². The van der Waals surface area contributed by atoms with Crippen molar-refractivity contribution in [3.63, 3.8) is 0 Å². The normalized spacial score (nSPS) is 17.7. The van der Waals surface area contributed by atoms with Gasteiger partial charge in [-0.15, -0.1) is 0 Å². The van der Waals surface area contributed by atoms with Crippen LogP contribution in [0.2, 0.25) is 0 Å². The number of methoxy groups -OCH3 is 1. The van der Waals surface area contributed by atoms with Gasteiger partial charge in [-0.2, -0.15) is 0 Å². The van der Waals surface area contributed by atoms with Crippen molar-refractivity contribution in [2.45, 2.75) is 32.2 Å². The number of aromatic nitrogens is 1. The van der Waals surface area contributed by atoms with Crippen LogP contribution in [0.1, 0.15) is 36.5 Å². The van der Waals surface area contributed by atoms with E-state index in [1.165, 1.54) is 7.11 Å². The Morgan fingerprint density at radius 3 is 2.81 bits per heavy atom. The largest absolute Gasteiger partial charge is 0.481 e. The van der Waals surface area contributed by atoms with Gasteiger partial charge in [0.25, 0.3) is 5.91 Å². The average Bonchev–Trinajstić information content (AvgIpc) is 2.67. The Morgan fingerprint density at radius 2 is 2.08 bits per heavy atom. The lowest BCUT2D eigenvalue weighted by atomic mass is 10.0. The molecule has 6 nitrogen and oxygen atoms in total. The van der Waals surface area contributed by atoms with Gasteiger partial charge in [0.2, 0.25) is 11.8 Å². The molecule has 0 saturated carbocycles. The summed E-state index contributed by atoms with van der Waals surface area (Å²) in [6.45, 7) is 3.17. The van der Waals surface area contributed by atoms with Gasteiger partial charge in [-0.05, 0) is 12.5 Å². The van der Waals surface area contributed by atoms with E-state index < -0.39 is 6.04 Å². The van der Waals surface area contributed by atoms with Crippen molar-refractivity contribution in [3.05, 3.63) is 35.9 Å². The molecular formula is C20H25N3O3. The number of piperazine rings is 1. The fraction of sp³-hybridized carbons (Fsp3) is 0.450. The number of ether oxygens (including phenoxy) is 1. The number of pyridine rings is 1. The lowest BCUT2D eigenvalue weighted by Crippen LogP contribution is -2.57. The summed E-state index contributed by atoms with van der Waals surface area (Å²) in [5.41, 5.74) is 1.24. The van der Waals surface area contributed by atoms with Crippen LogP contribution in [0, 0.1) is 0 Å². The second-order valence-corrected chi connectivity index (χ2v) is 6.65. The minimum Gasteiger partial charge on any atom is -0.481 e. The van der Waals surface area contributed by atoms with Crippen LogP contribution >= 0.6 is 0 Å². The van der Waals surface area contributed by atoms with Gasteiger partial charge in [0.05, 0.1) is 18.2 Å². The monoisotopic (exact) mass is 355 g/mol. The molecule has 2 aromatic rings. The molecular weight excluding hydrogens is 330 g/mol. The summed E-state index contributed by atoms with van der Waals surface area (Å²) in [6, 6.07) is 8.78. The van der Waals surface area contributed by atoms with Gasteiger partial charge < -0.3 is 14.5 Å². The molecule has 0 N–H and O–H groups in total. The third-order valence-electron chi connectivity index (χ3n) is 4.94. The van der Waals surface area contributed by atoms with Crippen LogP contribution < -0.4 is 4.74 Å². The average molecular weight is 355 g/mol. The molecule has 1 saturated heterocycles. The SMILES string of the molecule is CCCC[C@H]1C(=O)N(C)CCN1C(=O)c1cc(OC)nc2ccccc12. The maximum absolute atomic E-state index is 13.4. The molecule has 1 fully saturated rings. The number of hydrogen-bond donors (Lipinski definition) is 0. The van der Waals surface area contributed by atoms with Crippen molar-refractivity contribution < 1.29 is 14.3 Å². The fourth-order valence-corrected chi connectivity index (χ4v) is 3.42. The molecule has 1 aromatic carbocycles. The Kier molecular flexibility index (Phi) is 5.40. The van der Waals surface area contributed by atoms with Gasteiger partial charge in [-0.3, -0.25) is 9.59 Å². The maximum Gasteiger partial charge on any atom is 0.255 e. The summed E-state index contributed by atoms with van der Waals surface area (Å²) in [5, 5.41) is 0.777. The van der Waals surface area contributed by atoms with E-state index in [0.717, 1.165) is 18.2 Å². The minimum absolute atomic E-state index is 0.0170. The third-order valence-corrected chi connectivity index (χ3v) is 4.94. The van der Waals surface area contributed by atoms with Crippen molar-refractivity contribution in [2.24, 2.45) is 0 Å². The Morgan fingerprint density at radius 1 is 1.31 bits per heavy atom. The van der Waals surface area contributed by atoms with Crippen LogP contribution in [0.5, 0.6) is 5.88 Å². The standard InChI is InChI=1S/C20H25N3O3/c1-4-5-10-17-20(25)22(2)11-12-23(17)19(24)15-13-18(26-3)21-16-9-7-6-8-14(15)16/h6-9,13,17H,4-5,10-12H2,1-3H3/t17-/m0/s1. The van der Waals surface area contributed by atoms with Gasteiger partial charge >= 0.3 is 0 Å². The van der Waals surface area contributed by atoms with Crippen LogP contribution in [-0.2, 0) is 4.79 Å². The van der Waals surface area contributed by atoms with Crippen LogP contribution in [0.3, 0.4) is 0 Å². The molecule has 0 radical (unpaired) electrons. The highest BCUT2D eigenvalue weighted by molar-refractivity contribution is 6.08. The highest BCUT2D eigenvalue weighted by Crippen LogP contribution is 2.26. The van der Waals surface area contributed by atoms with Crippen LogP contribution in [0.25, 0.3) is 10.9 Å². The number of amides is 2. The molecule has 0 aliphatic carbocycles. The van der Waals surface area contributed by atoms with E-state index in [4.69, 9.17) is 4.74 Å². The Bertz CT molecular complexity index is 821. The molecule has 3 rings (SSSR count). The Labute approximate surface area is 153 Å². The number of nitrogens with zero attached hydrogens (tertiary/aromatic N) is 3. The molecule has 138 valence electrons. The number of carbonyl (C=O) groups is 2. The molecule has 1 aliphatic rings. The number of para-hydroxylation sites is 1. The van der Waals surface area contributed by atoms with E-state index >= 15 is 0 Å². The summed E-state index contributed by atoms with van der Waals surface area (Å²) in [6.07, 6.45) is 2.58. The summed E-state index contributed by atoms with van der Waals surface area (Å²) >= 11 is 0. The summed E-state index contributed by atoms with van der Waals surface area (Å²) in [7, 11) is 3.34. The van der Waals surface area contributed by atoms with Crippen molar-refractivity contribution >= 4 is 22.7 Å². The number of fused-ring (bicyclic) bond motifs is 1. The first-order valence-corrected chi connectivity index (χ1v) is 9.06. The van der Waals surface area contributed by atoms with Crippen LogP contribution in [0.4, 0.5) is 0 Å². The van der Waals surface area contributed by atoms with Gasteiger partial charge in [0.15, 0.2) is 0 Å². The van der Waals surface area contributed by atoms with E-state index in [-0.39, 0.29) is 11.8 Å². The molecule has 1 aliphatic heterocycles. The molecule has 2 heterocycles. The molecule has 2 amide bonds. The molecule has 26 heavy (non-hydrogen) atoms. The minimum atomic E-state index is -0.404. The second-order valence-electron chi connectivity index (χ2n) is 6.65. The number of hydrogen-bond acceptors (Lipinski definition) is 4. The maximum atomic E-state index is 13.4. The lowest BCUT2D eigenvalue weighted by molar-refractivity contribution is -0.138. The molecule has 6 heteroatoms. The van der Waals surface area contributed by atoms with E-state index in [1.807, 2.05) is 24.3 Å². The van der Waals surface area contributed by atoms with Gasteiger partial charge in [0.1, 0.15) is 6.04 Å². The first-order valence-electron chi connectivity index (χ1n) is 9.06. The summed E-state index contributed by atoms with van der Waals surface area (Å²) < 4.78 is 5.27. The molecule has 0 spiro atoms. The van der Waals surface area contributed by atoms with E-state index in [0.29, 0.717) is 36.5 Å². The predicted molar refractivity (Wildman–Crippen MR) is 100 cm³/mol. The first kappa shape index (κ1) is 18.2. The quantitative estimate of drug-likeness (QED) is 0.827. The molecule has 0 bridgehead atoms. The van der Waals surface area contributed by atoms with Crippen LogP contribution in [0.15, 0.2) is 30.3 Å². The zero-order valence-electron chi connectivity index (χ0n) is 15.6. The van der Waals surface area contributed by atoms with Crippen molar-refractivity contribution in [1.29, 1.82) is 0 Å². The zero-order chi connectivity index (χ0) is 18.7. The number of benzene rings is 1. The highest BCUT2D eigenvalue weighted by atomic mass is 16.5. The Hall–Kier alpha value is -2.63.